The summed E-state index contributed by atoms with van der Waals surface area (Å²) in [5.74, 6) is -0.0561. The maximum Gasteiger partial charge on any atom is 0.251 e. The quantitative estimate of drug-likeness (QED) is 0.504. The largest absolute Gasteiger partial charge is 0.395 e. The van der Waals surface area contributed by atoms with E-state index in [1.165, 1.54) is 4.90 Å². The minimum Gasteiger partial charge on any atom is -0.395 e. The van der Waals surface area contributed by atoms with E-state index in [2.05, 4.69) is 0 Å². The fraction of sp³-hybridized carbons (Fsp3) is 0.417. The van der Waals surface area contributed by atoms with Crippen molar-refractivity contribution in [2.45, 2.75) is 13.0 Å². The zero-order chi connectivity index (χ0) is 13.5. The van der Waals surface area contributed by atoms with Gasteiger partial charge in [-0.15, -0.1) is 0 Å². The Morgan fingerprint density at radius 3 is 2.72 bits per heavy atom. The maximum atomic E-state index is 12.3. The first-order chi connectivity index (χ1) is 8.52. The summed E-state index contributed by atoms with van der Waals surface area (Å²) in [7, 11) is 0. The number of nitrogen functional groups attached to an aromatic ring is 1. The molecule has 4 nitrogen and oxygen atoms in total. The van der Waals surface area contributed by atoms with Crippen molar-refractivity contribution in [1.82, 2.24) is 4.90 Å². The number of hydrogen-bond acceptors (Lipinski definition) is 3. The zero-order valence-electron chi connectivity index (χ0n) is 9.94. The first-order valence-electron chi connectivity index (χ1n) is 5.57. The Morgan fingerprint density at radius 2 is 2.17 bits per heavy atom. The van der Waals surface area contributed by atoms with Gasteiger partial charge < -0.3 is 10.8 Å². The van der Waals surface area contributed by atoms with Crippen LogP contribution in [0.5, 0.6) is 0 Å². The molecular formula is C12H17F2N3O. The Bertz CT molecular complexity index is 399. The predicted octanol–water partition coefficient (Wildman–Crippen LogP) is 1.03. The van der Waals surface area contributed by atoms with Gasteiger partial charge in [0.2, 0.25) is 0 Å². The summed E-state index contributed by atoms with van der Waals surface area (Å²) < 4.78 is 24.7. The number of alkyl halides is 2. The van der Waals surface area contributed by atoms with Crippen LogP contribution in [0.3, 0.4) is 0 Å². The minimum atomic E-state index is -2.44. The molecule has 0 fully saturated rings. The third-order valence-electron chi connectivity index (χ3n) is 2.46. The molecule has 0 aromatic heterocycles. The average Bonchev–Trinajstić information content (AvgIpc) is 2.28. The fourth-order valence-corrected chi connectivity index (χ4v) is 1.67. The van der Waals surface area contributed by atoms with Crippen LogP contribution in [0.15, 0.2) is 24.3 Å². The van der Waals surface area contributed by atoms with Crippen molar-refractivity contribution in [2.24, 2.45) is 5.73 Å². The van der Waals surface area contributed by atoms with Crippen LogP contribution in [-0.4, -0.2) is 42.0 Å². The van der Waals surface area contributed by atoms with Gasteiger partial charge in [-0.05, 0) is 11.6 Å². The summed E-state index contributed by atoms with van der Waals surface area (Å²) in [4.78, 5) is 1.46. The van der Waals surface area contributed by atoms with Crippen molar-refractivity contribution in [1.29, 1.82) is 5.41 Å². The van der Waals surface area contributed by atoms with Crippen LogP contribution in [0.2, 0.25) is 0 Å². The molecule has 0 amide bonds. The van der Waals surface area contributed by atoms with Gasteiger partial charge in [0, 0.05) is 18.7 Å². The lowest BCUT2D eigenvalue weighted by molar-refractivity contribution is 0.0746. The van der Waals surface area contributed by atoms with Gasteiger partial charge in [0.25, 0.3) is 6.43 Å². The first kappa shape index (κ1) is 14.5. The van der Waals surface area contributed by atoms with Crippen molar-refractivity contribution in [3.8, 4) is 0 Å². The van der Waals surface area contributed by atoms with Crippen molar-refractivity contribution >= 4 is 5.84 Å². The molecular weight excluding hydrogens is 240 g/mol. The van der Waals surface area contributed by atoms with E-state index < -0.39 is 6.43 Å². The number of nitrogens with zero attached hydrogens (tertiary/aromatic N) is 1. The highest BCUT2D eigenvalue weighted by Crippen LogP contribution is 2.09. The van der Waals surface area contributed by atoms with E-state index in [-0.39, 0.29) is 25.5 Å². The molecule has 0 aliphatic heterocycles. The van der Waals surface area contributed by atoms with Gasteiger partial charge in [0.1, 0.15) is 5.84 Å². The Balaban J connectivity index is 2.73. The van der Waals surface area contributed by atoms with Crippen molar-refractivity contribution in [3.05, 3.63) is 35.4 Å². The number of hydrogen-bond donors (Lipinski definition) is 3. The lowest BCUT2D eigenvalue weighted by Gasteiger charge is -2.21. The number of nitrogens with one attached hydrogen (secondary N) is 1. The summed E-state index contributed by atoms with van der Waals surface area (Å²) >= 11 is 0. The molecule has 1 aromatic rings. The molecule has 0 saturated carbocycles. The lowest BCUT2D eigenvalue weighted by Crippen LogP contribution is -2.31. The Labute approximate surface area is 105 Å². The molecule has 6 heteroatoms. The summed E-state index contributed by atoms with van der Waals surface area (Å²) in [6.45, 7) is -0.0648. The summed E-state index contributed by atoms with van der Waals surface area (Å²) in [5, 5.41) is 16.1. The maximum absolute atomic E-state index is 12.3. The smallest absolute Gasteiger partial charge is 0.251 e. The van der Waals surface area contributed by atoms with E-state index >= 15 is 0 Å². The van der Waals surface area contributed by atoms with E-state index in [0.717, 1.165) is 5.56 Å². The number of halogens is 2. The third-order valence-corrected chi connectivity index (χ3v) is 2.46. The number of aliphatic hydroxyl groups excluding tert-OH is 1. The minimum absolute atomic E-state index is 0.0561. The molecule has 4 N–H and O–H groups in total. The molecule has 1 aromatic carbocycles. The van der Waals surface area contributed by atoms with Gasteiger partial charge in [-0.3, -0.25) is 10.3 Å². The van der Waals surface area contributed by atoms with Gasteiger partial charge in [-0.25, -0.2) is 8.78 Å². The zero-order valence-corrected chi connectivity index (χ0v) is 9.94. The van der Waals surface area contributed by atoms with Crippen LogP contribution in [-0.2, 0) is 6.54 Å². The molecule has 100 valence electrons. The highest BCUT2D eigenvalue weighted by Gasteiger charge is 2.12. The SMILES string of the molecule is N=C(N)c1cccc(CN(CCO)CC(F)F)c1. The molecule has 0 atom stereocenters. The fourth-order valence-electron chi connectivity index (χ4n) is 1.67. The van der Waals surface area contributed by atoms with Gasteiger partial charge >= 0.3 is 0 Å². The van der Waals surface area contributed by atoms with Crippen LogP contribution in [0.1, 0.15) is 11.1 Å². The predicted molar refractivity (Wildman–Crippen MR) is 65.8 cm³/mol. The van der Waals surface area contributed by atoms with Crippen LogP contribution in [0.25, 0.3) is 0 Å². The molecule has 0 aliphatic carbocycles. The molecule has 0 unspecified atom stereocenters. The molecule has 1 rings (SSSR count). The van der Waals surface area contributed by atoms with Gasteiger partial charge in [0.05, 0.1) is 13.2 Å². The van der Waals surface area contributed by atoms with E-state index in [0.29, 0.717) is 12.1 Å². The van der Waals surface area contributed by atoms with E-state index in [9.17, 15) is 8.78 Å². The van der Waals surface area contributed by atoms with Gasteiger partial charge in [0.15, 0.2) is 0 Å². The summed E-state index contributed by atoms with van der Waals surface area (Å²) in [6.07, 6.45) is -2.44. The summed E-state index contributed by atoms with van der Waals surface area (Å²) in [6, 6.07) is 6.89. The van der Waals surface area contributed by atoms with Crippen LogP contribution >= 0.6 is 0 Å². The molecule has 0 saturated heterocycles. The summed E-state index contributed by atoms with van der Waals surface area (Å²) in [5.41, 5.74) is 6.71. The van der Waals surface area contributed by atoms with Crippen molar-refractivity contribution in [3.63, 3.8) is 0 Å². The number of aliphatic hydroxyl groups is 1. The monoisotopic (exact) mass is 257 g/mol. The van der Waals surface area contributed by atoms with Crippen LogP contribution in [0, 0.1) is 5.41 Å². The van der Waals surface area contributed by atoms with Crippen molar-refractivity contribution < 1.29 is 13.9 Å². The normalized spacial score (nSPS) is 11.2. The highest BCUT2D eigenvalue weighted by atomic mass is 19.3. The van der Waals surface area contributed by atoms with Crippen molar-refractivity contribution in [2.75, 3.05) is 19.7 Å². The van der Waals surface area contributed by atoms with Crippen LogP contribution in [0.4, 0.5) is 8.78 Å². The molecule has 18 heavy (non-hydrogen) atoms. The van der Waals surface area contributed by atoms with E-state index in [1.54, 1.807) is 24.3 Å². The number of nitrogens with two attached hydrogens (primary N) is 1. The molecule has 0 bridgehead atoms. The Hall–Kier alpha value is -1.53. The highest BCUT2D eigenvalue weighted by molar-refractivity contribution is 5.95. The molecule has 0 radical (unpaired) electrons. The molecule has 0 heterocycles. The standard InChI is InChI=1S/C12H17F2N3O/c13-11(14)8-17(4-5-18)7-9-2-1-3-10(6-9)12(15)16/h1-3,6,11,18H,4-5,7-8H2,(H3,15,16). The van der Waals surface area contributed by atoms with Gasteiger partial charge in [-0.1, -0.05) is 18.2 Å². The third kappa shape index (κ3) is 4.77. The second-order valence-electron chi connectivity index (χ2n) is 3.96. The molecule has 0 spiro atoms. The number of benzene rings is 1. The number of amidine groups is 1. The Kier molecular flexibility index (Phi) is 5.67. The number of rotatable bonds is 7. The average molecular weight is 257 g/mol. The van der Waals surface area contributed by atoms with E-state index in [1.807, 2.05) is 0 Å². The second kappa shape index (κ2) is 7.03. The van der Waals surface area contributed by atoms with Crippen LogP contribution < -0.4 is 5.73 Å². The van der Waals surface area contributed by atoms with E-state index in [4.69, 9.17) is 16.2 Å². The van der Waals surface area contributed by atoms with Gasteiger partial charge in [-0.2, -0.15) is 0 Å². The first-order valence-corrected chi connectivity index (χ1v) is 5.57. The lowest BCUT2D eigenvalue weighted by atomic mass is 10.1. The molecule has 0 aliphatic rings. The Morgan fingerprint density at radius 1 is 1.44 bits per heavy atom. The topological polar surface area (TPSA) is 73.3 Å². The second-order valence-corrected chi connectivity index (χ2v) is 3.96.